The smallest absolute Gasteiger partial charge is 0.306 e. The lowest BCUT2D eigenvalue weighted by Crippen LogP contribution is -2.24. The second-order valence-corrected chi connectivity index (χ2v) is 9.78. The quantitative estimate of drug-likeness (QED) is 0.390. The number of aliphatic imine (C=N–C) groups is 1. The van der Waals surface area contributed by atoms with E-state index in [4.69, 9.17) is 14.7 Å². The third kappa shape index (κ3) is 6.12. The van der Waals surface area contributed by atoms with Crippen LogP contribution in [-0.4, -0.2) is 64.0 Å². The van der Waals surface area contributed by atoms with Crippen LogP contribution in [0.1, 0.15) is 17.5 Å². The zero-order chi connectivity index (χ0) is 28.1. The number of pyridine rings is 1. The number of aromatic hydroxyl groups is 1. The van der Waals surface area contributed by atoms with Gasteiger partial charge in [-0.3, -0.25) is 14.0 Å². The molecule has 0 aliphatic carbocycles. The molecule has 0 bridgehead atoms. The molecule has 0 radical (unpaired) electrons. The molecule has 0 amide bonds. The summed E-state index contributed by atoms with van der Waals surface area (Å²) in [5, 5.41) is 19.1. The molecule has 1 aliphatic rings. The van der Waals surface area contributed by atoms with Gasteiger partial charge in [-0.2, -0.15) is 9.65 Å². The minimum absolute atomic E-state index is 0.0143. The number of hydrogen-bond acceptors (Lipinski definition) is 10. The van der Waals surface area contributed by atoms with Gasteiger partial charge in [0, 0.05) is 30.3 Å². The molecule has 10 nitrogen and oxygen atoms in total. The molecule has 1 aliphatic heterocycles. The number of rotatable bonds is 9. The number of aromatic nitrogens is 1. The Morgan fingerprint density at radius 2 is 2.00 bits per heavy atom. The maximum Gasteiger partial charge on any atom is 0.306 e. The van der Waals surface area contributed by atoms with Crippen LogP contribution in [0.5, 0.6) is 28.9 Å². The number of likely N-dealkylation sites (N-methyl/N-ethyl adjacent to an activating group) is 1. The maximum absolute atomic E-state index is 15.4. The molecule has 0 saturated heterocycles. The van der Waals surface area contributed by atoms with Crippen molar-refractivity contribution in [3.8, 4) is 34.9 Å². The van der Waals surface area contributed by atoms with Crippen molar-refractivity contribution in [3.63, 3.8) is 0 Å². The van der Waals surface area contributed by atoms with Gasteiger partial charge < -0.3 is 24.2 Å². The van der Waals surface area contributed by atoms with E-state index in [1.807, 2.05) is 11.0 Å². The summed E-state index contributed by atoms with van der Waals surface area (Å²) in [7, 11) is 1.44. The van der Waals surface area contributed by atoms with Crippen LogP contribution in [0.4, 0.5) is 8.78 Å². The fourth-order valence-electron chi connectivity index (χ4n) is 3.61. The van der Waals surface area contributed by atoms with Crippen LogP contribution in [0.15, 0.2) is 52.5 Å². The largest absolute Gasteiger partial charge is 0.504 e. The van der Waals surface area contributed by atoms with Crippen molar-refractivity contribution in [1.29, 1.82) is 5.26 Å². The average Bonchev–Trinajstić information content (AvgIpc) is 3.37. The Labute approximate surface area is 224 Å². The number of benzene rings is 2. The van der Waals surface area contributed by atoms with Gasteiger partial charge in [-0.1, -0.05) is 0 Å². The lowest BCUT2D eigenvalue weighted by molar-refractivity contribution is -0.140. The summed E-state index contributed by atoms with van der Waals surface area (Å²) in [4.78, 5) is 21.7. The van der Waals surface area contributed by atoms with Gasteiger partial charge in [0.25, 0.3) is 5.88 Å². The first-order chi connectivity index (χ1) is 18.7. The van der Waals surface area contributed by atoms with Crippen LogP contribution in [0.25, 0.3) is 0 Å². The number of phenolic OH excluding ortho intramolecular Hbond substituents is 1. The molecule has 1 aromatic heterocycles. The van der Waals surface area contributed by atoms with Crippen LogP contribution in [0, 0.1) is 23.0 Å². The molecular formula is C26H22F2N4O6S. The summed E-state index contributed by atoms with van der Waals surface area (Å²) in [6.45, 7) is 1.06. The Bertz CT molecular complexity index is 1530. The molecule has 202 valence electrons. The van der Waals surface area contributed by atoms with E-state index in [0.717, 1.165) is 0 Å². The summed E-state index contributed by atoms with van der Waals surface area (Å²) in [6.07, 6.45) is 0.634. The number of ether oxygens (including phenoxy) is 3. The van der Waals surface area contributed by atoms with Crippen molar-refractivity contribution in [2.45, 2.75) is 11.3 Å². The van der Waals surface area contributed by atoms with E-state index in [1.54, 1.807) is 7.05 Å². The molecule has 1 unspecified atom stereocenters. The zero-order valence-corrected chi connectivity index (χ0v) is 21.6. The molecular weight excluding hydrogens is 534 g/mol. The third-order valence-electron chi connectivity index (χ3n) is 5.64. The first-order valence-electron chi connectivity index (χ1n) is 11.5. The van der Waals surface area contributed by atoms with E-state index in [1.165, 1.54) is 43.5 Å². The Morgan fingerprint density at radius 1 is 1.21 bits per heavy atom. The number of carbonyl (C=O) groups is 1. The van der Waals surface area contributed by atoms with Gasteiger partial charge in [-0.05, 0) is 30.3 Å². The van der Waals surface area contributed by atoms with Crippen molar-refractivity contribution in [1.82, 2.24) is 9.88 Å². The normalized spacial score (nSPS) is 13.4. The summed E-state index contributed by atoms with van der Waals surface area (Å²) >= 11 is 0. The predicted molar refractivity (Wildman–Crippen MR) is 136 cm³/mol. The first kappa shape index (κ1) is 27.5. The molecule has 2 heterocycles. The fourth-order valence-corrected chi connectivity index (χ4v) is 4.67. The molecule has 4 rings (SSSR count). The van der Waals surface area contributed by atoms with Gasteiger partial charge in [0.1, 0.15) is 11.6 Å². The van der Waals surface area contributed by atoms with Gasteiger partial charge >= 0.3 is 5.97 Å². The van der Waals surface area contributed by atoms with E-state index in [9.17, 15) is 18.5 Å². The second kappa shape index (κ2) is 11.9. The predicted octanol–water partition coefficient (Wildman–Crippen LogP) is 3.88. The summed E-state index contributed by atoms with van der Waals surface area (Å²) in [6, 6.07) is 9.95. The standard InChI is InChI=1S/C26H22F2N4O6S/c1-32-9-8-30-25(32)17-12-16(39(35)10-7-22(34)36-2)4-6-20(17)37-24-18(27)14-31-26(23(24)28)38-21-11-15(13-29)3-5-19(21)33/h3-6,11-12,14,33H,7-10H2,1-2H3. The first-order valence-corrected chi connectivity index (χ1v) is 12.8. The van der Waals surface area contributed by atoms with Gasteiger partial charge in [-0.15, -0.1) is 0 Å². The number of methoxy groups -OCH3 is 1. The monoisotopic (exact) mass is 556 g/mol. The van der Waals surface area contributed by atoms with Crippen molar-refractivity contribution < 1.29 is 37.1 Å². The summed E-state index contributed by atoms with van der Waals surface area (Å²) in [5.74, 6) is -4.62. The fraction of sp³-hybridized carbons (Fsp3) is 0.231. The van der Waals surface area contributed by atoms with Crippen molar-refractivity contribution in [2.24, 2.45) is 4.99 Å². The van der Waals surface area contributed by atoms with Crippen molar-refractivity contribution >= 4 is 22.6 Å². The minimum atomic E-state index is -1.58. The highest BCUT2D eigenvalue weighted by molar-refractivity contribution is 7.85. The van der Waals surface area contributed by atoms with Gasteiger partial charge in [0.15, 0.2) is 17.3 Å². The van der Waals surface area contributed by atoms with Crippen molar-refractivity contribution in [3.05, 3.63) is 65.4 Å². The number of nitrogens with zero attached hydrogens (tertiary/aromatic N) is 4. The van der Waals surface area contributed by atoms with Crippen LogP contribution in [0.2, 0.25) is 0 Å². The molecule has 1 N–H and O–H groups in total. The number of amidine groups is 1. The Kier molecular flexibility index (Phi) is 8.36. The van der Waals surface area contributed by atoms with E-state index < -0.39 is 40.0 Å². The highest BCUT2D eigenvalue weighted by Crippen LogP contribution is 2.38. The number of carbonyl (C=O) groups excluding carboxylic acids is 1. The second-order valence-electron chi connectivity index (χ2n) is 8.21. The van der Waals surface area contributed by atoms with Crippen LogP contribution in [0.3, 0.4) is 0 Å². The van der Waals surface area contributed by atoms with E-state index in [0.29, 0.717) is 35.6 Å². The molecule has 0 saturated carbocycles. The number of nitriles is 1. The molecule has 3 aromatic rings. The lowest BCUT2D eigenvalue weighted by atomic mass is 10.1. The lowest BCUT2D eigenvalue weighted by Gasteiger charge is -2.19. The zero-order valence-electron chi connectivity index (χ0n) is 20.8. The van der Waals surface area contributed by atoms with Crippen LogP contribution in [-0.2, 0) is 20.3 Å². The number of hydrogen-bond donors (Lipinski definition) is 1. The molecule has 1 atom stereocenters. The number of esters is 1. The topological polar surface area (TPSA) is 134 Å². The number of halogens is 2. The third-order valence-corrected chi connectivity index (χ3v) is 6.99. The maximum atomic E-state index is 15.4. The average molecular weight is 557 g/mol. The Morgan fingerprint density at radius 3 is 2.69 bits per heavy atom. The molecule has 39 heavy (non-hydrogen) atoms. The van der Waals surface area contributed by atoms with Gasteiger partial charge in [-0.25, -0.2) is 9.37 Å². The van der Waals surface area contributed by atoms with Gasteiger partial charge in [0.2, 0.25) is 11.6 Å². The Hall–Kier alpha value is -4.57. The van der Waals surface area contributed by atoms with Crippen molar-refractivity contribution in [2.75, 3.05) is 33.0 Å². The summed E-state index contributed by atoms with van der Waals surface area (Å²) in [5.41, 5.74) is 0.466. The Balaban J connectivity index is 1.69. The number of phenols is 1. The SMILES string of the molecule is COC(=O)CCS(=O)c1ccc(Oc2c(F)cnc(Oc3cc(C#N)ccc3O)c2F)c(C2=NCCN2C)c1. The molecule has 2 aromatic carbocycles. The molecule has 0 fully saturated rings. The van der Waals surface area contributed by atoms with Gasteiger partial charge in [0.05, 0.1) is 54.3 Å². The van der Waals surface area contributed by atoms with E-state index >= 15 is 4.39 Å². The van der Waals surface area contributed by atoms with Crippen LogP contribution >= 0.6 is 0 Å². The molecule has 13 heteroatoms. The highest BCUT2D eigenvalue weighted by Gasteiger charge is 2.25. The molecule has 0 spiro atoms. The van der Waals surface area contributed by atoms with Crippen LogP contribution < -0.4 is 9.47 Å². The highest BCUT2D eigenvalue weighted by atomic mass is 32.2. The summed E-state index contributed by atoms with van der Waals surface area (Å²) < 4.78 is 58.5. The van der Waals surface area contributed by atoms with E-state index in [-0.39, 0.29) is 35.0 Å². The van der Waals surface area contributed by atoms with E-state index in [2.05, 4.69) is 14.7 Å². The minimum Gasteiger partial charge on any atom is -0.504 e.